The number of fused-ring (bicyclic) bond motifs is 1. The third-order valence-electron chi connectivity index (χ3n) is 3.86. The van der Waals surface area contributed by atoms with E-state index in [1.807, 2.05) is 19.3 Å². The maximum absolute atomic E-state index is 12.6. The zero-order chi connectivity index (χ0) is 20.2. The predicted molar refractivity (Wildman–Crippen MR) is 104 cm³/mol. The van der Waals surface area contributed by atoms with Crippen LogP contribution in [0.2, 0.25) is 0 Å². The minimum absolute atomic E-state index is 0.0787. The minimum Gasteiger partial charge on any atom is -0.483 e. The number of alkyl halides is 3. The number of rotatable bonds is 7. The third-order valence-corrected chi connectivity index (χ3v) is 4.67. The molecule has 0 radical (unpaired) electrons. The standard InChI is InChI=1S/C20H22F3NO2S/c1-5-6-17(27-4)18-13-7-8-15(19(25)12(2)3)24-14(13)9-10-16(18)26-11-20(21,22)23/h6-10,12H,5,11H2,1-4H3/b17-6-. The molecule has 2 rings (SSSR count). The average Bonchev–Trinajstić information content (AvgIpc) is 2.62. The number of carbonyl (C=O) groups excluding carboxylic acids is 1. The van der Waals surface area contributed by atoms with Gasteiger partial charge in [0.25, 0.3) is 0 Å². The summed E-state index contributed by atoms with van der Waals surface area (Å²) in [5.74, 6) is -0.116. The van der Waals surface area contributed by atoms with Crippen LogP contribution in [-0.4, -0.2) is 29.8 Å². The van der Waals surface area contributed by atoms with Gasteiger partial charge in [-0.3, -0.25) is 4.79 Å². The Balaban J connectivity index is 2.64. The molecule has 0 bridgehead atoms. The number of thioether (sulfide) groups is 1. The first kappa shape index (κ1) is 21.3. The number of allylic oxidation sites excluding steroid dienone is 1. The Hall–Kier alpha value is -2.02. The molecule has 0 atom stereocenters. The Morgan fingerprint density at radius 3 is 2.52 bits per heavy atom. The van der Waals surface area contributed by atoms with Crippen LogP contribution >= 0.6 is 11.8 Å². The first-order chi connectivity index (χ1) is 12.7. The predicted octanol–water partition coefficient (Wildman–Crippen LogP) is 6.13. The quantitative estimate of drug-likeness (QED) is 0.527. The number of Topliss-reactive ketones (excluding diaryl/α,β-unsaturated/α-hetero) is 1. The van der Waals surface area contributed by atoms with E-state index in [0.29, 0.717) is 22.2 Å². The number of aromatic nitrogens is 1. The summed E-state index contributed by atoms with van der Waals surface area (Å²) >= 11 is 1.43. The first-order valence-corrected chi connectivity index (χ1v) is 9.82. The van der Waals surface area contributed by atoms with Gasteiger partial charge in [0.2, 0.25) is 0 Å². The fourth-order valence-corrected chi connectivity index (χ4v) is 3.37. The van der Waals surface area contributed by atoms with Gasteiger partial charge in [-0.05, 0) is 36.9 Å². The summed E-state index contributed by atoms with van der Waals surface area (Å²) in [6.45, 7) is 4.18. The third kappa shape index (κ3) is 5.25. The highest BCUT2D eigenvalue weighted by atomic mass is 32.2. The van der Waals surface area contributed by atoms with E-state index in [2.05, 4.69) is 4.98 Å². The highest BCUT2D eigenvalue weighted by Gasteiger charge is 2.29. The molecule has 0 fully saturated rings. The summed E-state index contributed by atoms with van der Waals surface area (Å²) in [5.41, 5.74) is 1.46. The number of carbonyl (C=O) groups is 1. The van der Waals surface area contributed by atoms with Gasteiger partial charge in [-0.25, -0.2) is 4.98 Å². The van der Waals surface area contributed by atoms with Crippen molar-refractivity contribution in [3.8, 4) is 5.75 Å². The van der Waals surface area contributed by atoms with Gasteiger partial charge in [-0.2, -0.15) is 13.2 Å². The lowest BCUT2D eigenvalue weighted by atomic mass is 10.0. The van der Waals surface area contributed by atoms with Gasteiger partial charge >= 0.3 is 6.18 Å². The van der Waals surface area contributed by atoms with Crippen LogP contribution < -0.4 is 4.74 Å². The van der Waals surface area contributed by atoms with Crippen molar-refractivity contribution in [2.75, 3.05) is 12.9 Å². The lowest BCUT2D eigenvalue weighted by Crippen LogP contribution is -2.19. The molecule has 0 saturated heterocycles. The Kier molecular flexibility index (Phi) is 6.92. The lowest BCUT2D eigenvalue weighted by Gasteiger charge is -2.17. The van der Waals surface area contributed by atoms with E-state index < -0.39 is 12.8 Å². The molecular formula is C20H22F3NO2S. The first-order valence-electron chi connectivity index (χ1n) is 8.60. The Labute approximate surface area is 161 Å². The summed E-state index contributed by atoms with van der Waals surface area (Å²) in [6, 6.07) is 6.42. The Morgan fingerprint density at radius 1 is 1.26 bits per heavy atom. The molecule has 146 valence electrons. The molecule has 0 N–H and O–H groups in total. The SMILES string of the molecule is CC/C=C(\SC)c1c(OCC(F)(F)F)ccc2nc(C(=O)C(C)C)ccc12. The maximum atomic E-state index is 12.6. The fraction of sp³-hybridized carbons (Fsp3) is 0.400. The monoisotopic (exact) mass is 397 g/mol. The van der Waals surface area contributed by atoms with Crippen LogP contribution in [0.4, 0.5) is 13.2 Å². The molecule has 7 heteroatoms. The van der Waals surface area contributed by atoms with Crippen LogP contribution in [0, 0.1) is 5.92 Å². The number of halogens is 3. The van der Waals surface area contributed by atoms with Gasteiger partial charge in [-0.1, -0.05) is 26.8 Å². The molecule has 0 unspecified atom stereocenters. The number of ether oxygens (including phenoxy) is 1. The van der Waals surface area contributed by atoms with Gasteiger partial charge in [0.05, 0.1) is 5.52 Å². The maximum Gasteiger partial charge on any atom is 0.422 e. The van der Waals surface area contributed by atoms with Gasteiger partial charge in [-0.15, -0.1) is 11.8 Å². The summed E-state index contributed by atoms with van der Waals surface area (Å²) in [7, 11) is 0. The molecule has 0 amide bonds. The number of pyridine rings is 1. The van der Waals surface area contributed by atoms with E-state index in [1.165, 1.54) is 17.8 Å². The average molecular weight is 397 g/mol. The Bertz CT molecular complexity index is 860. The highest BCUT2D eigenvalue weighted by Crippen LogP contribution is 2.39. The molecule has 1 heterocycles. The van der Waals surface area contributed by atoms with Crippen LogP contribution in [0.5, 0.6) is 5.75 Å². The second kappa shape index (κ2) is 8.78. The van der Waals surface area contributed by atoms with Crippen molar-refractivity contribution in [1.29, 1.82) is 0 Å². The van der Waals surface area contributed by atoms with Crippen LogP contribution in [0.3, 0.4) is 0 Å². The number of ketones is 1. The van der Waals surface area contributed by atoms with E-state index in [0.717, 1.165) is 11.3 Å². The lowest BCUT2D eigenvalue weighted by molar-refractivity contribution is -0.153. The molecule has 1 aromatic carbocycles. The molecule has 27 heavy (non-hydrogen) atoms. The molecular weight excluding hydrogens is 375 g/mol. The molecule has 0 saturated carbocycles. The van der Waals surface area contributed by atoms with Crippen molar-refractivity contribution in [3.05, 3.63) is 41.6 Å². The molecule has 0 spiro atoms. The van der Waals surface area contributed by atoms with Crippen molar-refractivity contribution in [2.24, 2.45) is 5.92 Å². The molecule has 1 aromatic heterocycles. The summed E-state index contributed by atoms with van der Waals surface area (Å²) in [6.07, 6.45) is 0.0969. The van der Waals surface area contributed by atoms with E-state index in [4.69, 9.17) is 4.74 Å². The van der Waals surface area contributed by atoms with Crippen LogP contribution in [0.1, 0.15) is 43.2 Å². The van der Waals surface area contributed by atoms with Crippen LogP contribution in [0.25, 0.3) is 15.8 Å². The van der Waals surface area contributed by atoms with Crippen molar-refractivity contribution in [2.45, 2.75) is 33.4 Å². The number of benzene rings is 1. The van der Waals surface area contributed by atoms with Crippen molar-refractivity contribution >= 4 is 33.4 Å². The number of hydrogen-bond acceptors (Lipinski definition) is 4. The van der Waals surface area contributed by atoms with Gasteiger partial charge in [0.1, 0.15) is 11.4 Å². The highest BCUT2D eigenvalue weighted by molar-refractivity contribution is 8.07. The normalized spacial score (nSPS) is 12.7. The summed E-state index contributed by atoms with van der Waals surface area (Å²) in [4.78, 5) is 17.4. The van der Waals surface area contributed by atoms with E-state index in [-0.39, 0.29) is 17.5 Å². The van der Waals surface area contributed by atoms with Crippen molar-refractivity contribution in [1.82, 2.24) is 4.98 Å². The molecule has 3 nitrogen and oxygen atoms in total. The van der Waals surface area contributed by atoms with Gasteiger partial charge < -0.3 is 4.74 Å². The number of hydrogen-bond donors (Lipinski definition) is 0. The second-order valence-electron chi connectivity index (χ2n) is 6.31. The van der Waals surface area contributed by atoms with E-state index in [1.54, 1.807) is 32.0 Å². The second-order valence-corrected chi connectivity index (χ2v) is 7.15. The Morgan fingerprint density at radius 2 is 1.96 bits per heavy atom. The molecule has 0 aliphatic rings. The fourth-order valence-electron chi connectivity index (χ4n) is 2.62. The topological polar surface area (TPSA) is 39.2 Å². The van der Waals surface area contributed by atoms with Crippen molar-refractivity contribution in [3.63, 3.8) is 0 Å². The van der Waals surface area contributed by atoms with Crippen LogP contribution in [0.15, 0.2) is 30.3 Å². The summed E-state index contributed by atoms with van der Waals surface area (Å²) in [5, 5.41) is 0.657. The molecule has 0 aliphatic carbocycles. The number of nitrogens with zero attached hydrogens (tertiary/aromatic N) is 1. The smallest absolute Gasteiger partial charge is 0.422 e. The zero-order valence-corrected chi connectivity index (χ0v) is 16.5. The van der Waals surface area contributed by atoms with Crippen LogP contribution in [-0.2, 0) is 0 Å². The van der Waals surface area contributed by atoms with E-state index in [9.17, 15) is 18.0 Å². The molecule has 0 aliphatic heterocycles. The molecule has 2 aromatic rings. The van der Waals surface area contributed by atoms with Gasteiger partial charge in [0, 0.05) is 21.8 Å². The minimum atomic E-state index is -4.42. The zero-order valence-electron chi connectivity index (χ0n) is 15.7. The van der Waals surface area contributed by atoms with E-state index >= 15 is 0 Å². The largest absolute Gasteiger partial charge is 0.483 e. The van der Waals surface area contributed by atoms with Gasteiger partial charge in [0.15, 0.2) is 12.4 Å². The van der Waals surface area contributed by atoms with Crippen molar-refractivity contribution < 1.29 is 22.7 Å². The summed E-state index contributed by atoms with van der Waals surface area (Å²) < 4.78 is 43.0.